The maximum atomic E-state index is 4.59. The minimum absolute atomic E-state index is 0.346. The SMILES string of the molecule is CCNC(Cc1nc(C)cs1)c1ccccc1SC. The van der Waals surface area contributed by atoms with Crippen LogP contribution in [0.4, 0.5) is 0 Å². The second kappa shape index (κ2) is 7.08. The Bertz CT molecular complexity index is 522. The summed E-state index contributed by atoms with van der Waals surface area (Å²) >= 11 is 3.56. The fraction of sp³-hybridized carbons (Fsp3) is 0.400. The van der Waals surface area contributed by atoms with Crippen molar-refractivity contribution in [3.05, 3.63) is 45.9 Å². The number of benzene rings is 1. The Morgan fingerprint density at radius 3 is 2.79 bits per heavy atom. The van der Waals surface area contributed by atoms with Crippen LogP contribution < -0.4 is 5.32 Å². The number of nitrogens with zero attached hydrogens (tertiary/aromatic N) is 1. The van der Waals surface area contributed by atoms with E-state index < -0.39 is 0 Å². The molecule has 0 saturated carbocycles. The molecule has 102 valence electrons. The maximum Gasteiger partial charge on any atom is 0.0947 e. The van der Waals surface area contributed by atoms with Crippen molar-refractivity contribution >= 4 is 23.1 Å². The lowest BCUT2D eigenvalue weighted by Crippen LogP contribution is -2.23. The van der Waals surface area contributed by atoms with Gasteiger partial charge in [-0.3, -0.25) is 0 Å². The van der Waals surface area contributed by atoms with Gasteiger partial charge in [-0.1, -0.05) is 25.1 Å². The van der Waals surface area contributed by atoms with Gasteiger partial charge in [0.1, 0.15) is 0 Å². The molecule has 2 nitrogen and oxygen atoms in total. The van der Waals surface area contributed by atoms with Gasteiger partial charge in [0.25, 0.3) is 0 Å². The van der Waals surface area contributed by atoms with Gasteiger partial charge in [0.05, 0.1) is 5.01 Å². The minimum Gasteiger partial charge on any atom is -0.310 e. The first kappa shape index (κ1) is 14.6. The lowest BCUT2D eigenvalue weighted by Gasteiger charge is -2.19. The molecule has 0 fully saturated rings. The van der Waals surface area contributed by atoms with Crippen molar-refractivity contribution in [3.63, 3.8) is 0 Å². The molecule has 0 bridgehead atoms. The second-order valence-electron chi connectivity index (χ2n) is 4.44. The maximum absolute atomic E-state index is 4.59. The van der Waals surface area contributed by atoms with Crippen LogP contribution >= 0.6 is 23.1 Å². The van der Waals surface area contributed by atoms with E-state index in [4.69, 9.17) is 0 Å². The summed E-state index contributed by atoms with van der Waals surface area (Å²) in [6, 6.07) is 8.98. The normalized spacial score (nSPS) is 12.6. The highest BCUT2D eigenvalue weighted by atomic mass is 32.2. The third kappa shape index (κ3) is 3.81. The van der Waals surface area contributed by atoms with E-state index in [1.54, 1.807) is 11.3 Å². The van der Waals surface area contributed by atoms with Crippen molar-refractivity contribution in [2.24, 2.45) is 0 Å². The van der Waals surface area contributed by atoms with Crippen LogP contribution in [0.2, 0.25) is 0 Å². The largest absolute Gasteiger partial charge is 0.310 e. The Morgan fingerprint density at radius 1 is 1.37 bits per heavy atom. The topological polar surface area (TPSA) is 24.9 Å². The van der Waals surface area contributed by atoms with Crippen LogP contribution in [0.3, 0.4) is 0 Å². The van der Waals surface area contributed by atoms with Gasteiger partial charge in [0.15, 0.2) is 0 Å². The Kier molecular flexibility index (Phi) is 5.43. The summed E-state index contributed by atoms with van der Waals surface area (Å²) in [5, 5.41) is 6.92. The van der Waals surface area contributed by atoms with Crippen LogP contribution in [0.25, 0.3) is 0 Å². The molecule has 0 radical (unpaired) electrons. The summed E-state index contributed by atoms with van der Waals surface area (Å²) in [7, 11) is 0. The standard InChI is InChI=1S/C15H20N2S2/c1-4-16-13(9-15-17-11(2)10-19-15)12-7-5-6-8-14(12)18-3/h5-8,10,13,16H,4,9H2,1-3H3. The number of rotatable bonds is 6. The summed E-state index contributed by atoms with van der Waals surface area (Å²) in [5.74, 6) is 0. The number of likely N-dealkylation sites (N-methyl/N-ethyl adjacent to an activating group) is 1. The number of nitrogens with one attached hydrogen (secondary N) is 1. The highest BCUT2D eigenvalue weighted by molar-refractivity contribution is 7.98. The smallest absolute Gasteiger partial charge is 0.0947 e. The molecule has 0 saturated heterocycles. The zero-order chi connectivity index (χ0) is 13.7. The summed E-state index contributed by atoms with van der Waals surface area (Å²) < 4.78 is 0. The molecule has 0 aliphatic carbocycles. The van der Waals surface area contributed by atoms with E-state index in [1.807, 2.05) is 11.8 Å². The van der Waals surface area contributed by atoms with E-state index in [0.717, 1.165) is 18.7 Å². The lowest BCUT2D eigenvalue weighted by atomic mass is 10.0. The van der Waals surface area contributed by atoms with Gasteiger partial charge < -0.3 is 5.32 Å². The van der Waals surface area contributed by atoms with Crippen molar-refractivity contribution in [2.45, 2.75) is 31.2 Å². The monoisotopic (exact) mass is 292 g/mol. The van der Waals surface area contributed by atoms with Crippen molar-refractivity contribution in [3.8, 4) is 0 Å². The van der Waals surface area contributed by atoms with Crippen LogP contribution in [-0.4, -0.2) is 17.8 Å². The molecule has 0 amide bonds. The molecule has 1 N–H and O–H groups in total. The van der Waals surface area contributed by atoms with Crippen molar-refractivity contribution in [1.29, 1.82) is 0 Å². The van der Waals surface area contributed by atoms with Crippen LogP contribution in [0.1, 0.15) is 29.2 Å². The molecule has 4 heteroatoms. The van der Waals surface area contributed by atoms with Gasteiger partial charge in [-0.2, -0.15) is 0 Å². The van der Waals surface area contributed by atoms with Crippen LogP contribution in [-0.2, 0) is 6.42 Å². The summed E-state index contributed by atoms with van der Waals surface area (Å²) in [6.45, 7) is 5.18. The molecule has 1 unspecified atom stereocenters. The average Bonchev–Trinajstić information content (AvgIpc) is 2.84. The van der Waals surface area contributed by atoms with Gasteiger partial charge >= 0.3 is 0 Å². The minimum atomic E-state index is 0.346. The zero-order valence-corrected chi connectivity index (χ0v) is 13.3. The number of aromatic nitrogens is 1. The van der Waals surface area contributed by atoms with E-state index in [2.05, 4.69) is 60.0 Å². The van der Waals surface area contributed by atoms with E-state index in [-0.39, 0.29) is 0 Å². The first-order valence-electron chi connectivity index (χ1n) is 6.52. The molecule has 1 heterocycles. The molecular weight excluding hydrogens is 272 g/mol. The number of thiazole rings is 1. The van der Waals surface area contributed by atoms with Crippen LogP contribution in [0.5, 0.6) is 0 Å². The highest BCUT2D eigenvalue weighted by Gasteiger charge is 2.16. The molecule has 0 spiro atoms. The predicted molar refractivity (Wildman–Crippen MR) is 85.2 cm³/mol. The first-order valence-corrected chi connectivity index (χ1v) is 8.62. The van der Waals surface area contributed by atoms with Gasteiger partial charge in [0, 0.05) is 28.4 Å². The van der Waals surface area contributed by atoms with E-state index in [1.165, 1.54) is 15.5 Å². The Balaban J connectivity index is 2.23. The van der Waals surface area contributed by atoms with Crippen molar-refractivity contribution < 1.29 is 0 Å². The van der Waals surface area contributed by atoms with Gasteiger partial charge in [-0.05, 0) is 31.4 Å². The number of hydrogen-bond acceptors (Lipinski definition) is 4. The quantitative estimate of drug-likeness (QED) is 0.813. The van der Waals surface area contributed by atoms with Gasteiger partial charge in [-0.25, -0.2) is 4.98 Å². The summed E-state index contributed by atoms with van der Waals surface area (Å²) in [6.07, 6.45) is 3.10. The summed E-state index contributed by atoms with van der Waals surface area (Å²) in [4.78, 5) is 5.93. The molecule has 1 atom stereocenters. The third-order valence-electron chi connectivity index (χ3n) is 3.01. The third-order valence-corrected chi connectivity index (χ3v) is 4.81. The van der Waals surface area contributed by atoms with Crippen molar-refractivity contribution in [1.82, 2.24) is 10.3 Å². The number of thioether (sulfide) groups is 1. The average molecular weight is 292 g/mol. The van der Waals surface area contributed by atoms with Crippen LogP contribution in [0.15, 0.2) is 34.5 Å². The fourth-order valence-corrected chi connectivity index (χ4v) is 3.64. The first-order chi connectivity index (χ1) is 9.24. The van der Waals surface area contributed by atoms with E-state index >= 15 is 0 Å². The van der Waals surface area contributed by atoms with E-state index in [9.17, 15) is 0 Å². The Labute approximate surface area is 123 Å². The Morgan fingerprint density at radius 2 is 2.16 bits per heavy atom. The molecular formula is C15H20N2S2. The summed E-state index contributed by atoms with van der Waals surface area (Å²) in [5.41, 5.74) is 2.50. The molecule has 19 heavy (non-hydrogen) atoms. The van der Waals surface area contributed by atoms with Crippen LogP contribution in [0, 0.1) is 6.92 Å². The van der Waals surface area contributed by atoms with E-state index in [0.29, 0.717) is 6.04 Å². The number of aryl methyl sites for hydroxylation is 1. The zero-order valence-electron chi connectivity index (χ0n) is 11.6. The lowest BCUT2D eigenvalue weighted by molar-refractivity contribution is 0.541. The molecule has 2 aromatic rings. The fourth-order valence-electron chi connectivity index (χ4n) is 2.16. The molecule has 1 aromatic carbocycles. The highest BCUT2D eigenvalue weighted by Crippen LogP contribution is 2.28. The molecule has 2 rings (SSSR count). The molecule has 0 aliphatic rings. The van der Waals surface area contributed by atoms with Gasteiger partial charge in [0.2, 0.25) is 0 Å². The number of hydrogen-bond donors (Lipinski definition) is 1. The van der Waals surface area contributed by atoms with Crippen molar-refractivity contribution in [2.75, 3.05) is 12.8 Å². The predicted octanol–water partition coefficient (Wildman–Crippen LogP) is 4.07. The van der Waals surface area contributed by atoms with Gasteiger partial charge in [-0.15, -0.1) is 23.1 Å². The second-order valence-corrected chi connectivity index (χ2v) is 6.23. The molecule has 0 aliphatic heterocycles. The molecule has 1 aromatic heterocycles. The Hall–Kier alpha value is -0.840.